The third kappa shape index (κ3) is 4.55. The number of nitrogens with one attached hydrogen (secondary N) is 2. The second-order valence-electron chi connectivity index (χ2n) is 8.09. The average molecular weight is 421 g/mol. The Morgan fingerprint density at radius 1 is 1.19 bits per heavy atom. The topological polar surface area (TPSA) is 87.3 Å². The van der Waals surface area contributed by atoms with Crippen LogP contribution in [0.4, 0.5) is 10.5 Å². The molecule has 1 atom stereocenters. The van der Waals surface area contributed by atoms with Crippen LogP contribution in [-0.2, 0) is 4.74 Å². The fourth-order valence-corrected chi connectivity index (χ4v) is 3.97. The molecule has 31 heavy (non-hydrogen) atoms. The van der Waals surface area contributed by atoms with E-state index in [0.29, 0.717) is 30.9 Å². The molecule has 1 saturated heterocycles. The highest BCUT2D eigenvalue weighted by Crippen LogP contribution is 2.28. The normalized spacial score (nSPS) is 16.4. The van der Waals surface area contributed by atoms with E-state index >= 15 is 0 Å². The number of rotatable bonds is 4. The van der Waals surface area contributed by atoms with Crippen molar-refractivity contribution < 1.29 is 14.3 Å². The fourth-order valence-electron chi connectivity index (χ4n) is 3.97. The monoisotopic (exact) mass is 420 g/mol. The Balaban J connectivity index is 1.42. The van der Waals surface area contributed by atoms with Gasteiger partial charge in [0, 0.05) is 24.7 Å². The number of ether oxygens (including phenoxy) is 1. The summed E-state index contributed by atoms with van der Waals surface area (Å²) < 4.78 is 4.99. The third-order valence-electron chi connectivity index (χ3n) is 5.86. The molecule has 0 bridgehead atoms. The number of nitrogens with zero attached hydrogens (tertiary/aromatic N) is 2. The number of aromatic amines is 1. The van der Waals surface area contributed by atoms with Gasteiger partial charge in [0.2, 0.25) is 0 Å². The largest absolute Gasteiger partial charge is 0.462 e. The molecule has 0 saturated carbocycles. The van der Waals surface area contributed by atoms with E-state index in [4.69, 9.17) is 9.72 Å². The molecule has 1 fully saturated rings. The van der Waals surface area contributed by atoms with Crippen LogP contribution in [0.1, 0.15) is 53.0 Å². The second-order valence-corrected chi connectivity index (χ2v) is 8.09. The van der Waals surface area contributed by atoms with Crippen LogP contribution in [0.5, 0.6) is 0 Å². The molecule has 1 unspecified atom stereocenters. The number of fused-ring (bicyclic) bond motifs is 1. The molecule has 0 aliphatic carbocycles. The molecule has 3 aromatic rings. The van der Waals surface area contributed by atoms with Crippen molar-refractivity contribution in [1.29, 1.82) is 0 Å². The number of piperidine rings is 1. The molecule has 7 nitrogen and oxygen atoms in total. The summed E-state index contributed by atoms with van der Waals surface area (Å²) in [5.41, 5.74) is 5.59. The minimum absolute atomic E-state index is 0.142. The quantitative estimate of drug-likeness (QED) is 0.595. The summed E-state index contributed by atoms with van der Waals surface area (Å²) in [7, 11) is 0. The summed E-state index contributed by atoms with van der Waals surface area (Å²) >= 11 is 0. The Bertz CT molecular complexity index is 1060. The lowest BCUT2D eigenvalue weighted by Crippen LogP contribution is -2.41. The number of hydrogen-bond acceptors (Lipinski definition) is 4. The van der Waals surface area contributed by atoms with E-state index < -0.39 is 0 Å². The molecule has 2 aromatic carbocycles. The Morgan fingerprint density at radius 2 is 1.94 bits per heavy atom. The van der Waals surface area contributed by atoms with E-state index in [2.05, 4.69) is 36.3 Å². The maximum atomic E-state index is 12.8. The molecule has 4 rings (SSSR count). The highest BCUT2D eigenvalue weighted by Gasteiger charge is 2.27. The van der Waals surface area contributed by atoms with Gasteiger partial charge in [-0.1, -0.05) is 0 Å². The smallest absolute Gasteiger partial charge is 0.338 e. The van der Waals surface area contributed by atoms with Crippen molar-refractivity contribution in [2.75, 3.05) is 25.0 Å². The predicted molar refractivity (Wildman–Crippen MR) is 121 cm³/mol. The molecule has 2 N–H and O–H groups in total. The Morgan fingerprint density at radius 3 is 2.68 bits per heavy atom. The molecular weight excluding hydrogens is 392 g/mol. The number of amides is 2. The highest BCUT2D eigenvalue weighted by atomic mass is 16.5. The number of imidazole rings is 1. The Hall–Kier alpha value is -3.35. The summed E-state index contributed by atoms with van der Waals surface area (Å²) in [5, 5.41) is 2.93. The van der Waals surface area contributed by atoms with Crippen molar-refractivity contribution in [3.8, 4) is 0 Å². The molecule has 0 radical (unpaired) electrons. The molecule has 1 aliphatic heterocycles. The van der Waals surface area contributed by atoms with Crippen LogP contribution >= 0.6 is 0 Å². The van der Waals surface area contributed by atoms with Gasteiger partial charge in [-0.3, -0.25) is 0 Å². The zero-order valence-electron chi connectivity index (χ0n) is 18.2. The van der Waals surface area contributed by atoms with Gasteiger partial charge in [0.05, 0.1) is 23.2 Å². The molecule has 0 spiro atoms. The number of likely N-dealkylation sites (tertiary alicyclic amines) is 1. The van der Waals surface area contributed by atoms with Crippen LogP contribution in [0.25, 0.3) is 11.0 Å². The van der Waals surface area contributed by atoms with E-state index in [-0.39, 0.29) is 17.9 Å². The molecule has 162 valence electrons. The number of benzene rings is 2. The first-order chi connectivity index (χ1) is 14.9. The minimum Gasteiger partial charge on any atom is -0.462 e. The maximum Gasteiger partial charge on any atom is 0.338 e. The number of aromatic nitrogens is 2. The van der Waals surface area contributed by atoms with Gasteiger partial charge in [0.25, 0.3) is 0 Å². The zero-order valence-corrected chi connectivity index (χ0v) is 18.2. The van der Waals surface area contributed by atoms with Crippen LogP contribution in [-0.4, -0.2) is 46.6 Å². The number of urea groups is 1. The zero-order chi connectivity index (χ0) is 22.0. The van der Waals surface area contributed by atoms with Crippen molar-refractivity contribution in [1.82, 2.24) is 14.9 Å². The van der Waals surface area contributed by atoms with Crippen molar-refractivity contribution in [3.05, 3.63) is 58.9 Å². The number of H-pyrrole nitrogens is 1. The first kappa shape index (κ1) is 20.9. The number of esters is 1. The maximum absolute atomic E-state index is 12.8. The number of anilines is 1. The first-order valence-corrected chi connectivity index (χ1v) is 10.7. The van der Waals surface area contributed by atoms with Crippen molar-refractivity contribution in [2.45, 2.75) is 39.5 Å². The van der Waals surface area contributed by atoms with E-state index in [9.17, 15) is 9.59 Å². The van der Waals surface area contributed by atoms with Crippen LogP contribution in [0.15, 0.2) is 36.4 Å². The molecular formula is C24H28N4O3. The number of carbonyl (C=O) groups is 2. The van der Waals surface area contributed by atoms with Crippen LogP contribution in [0.3, 0.4) is 0 Å². The van der Waals surface area contributed by atoms with Crippen LogP contribution in [0, 0.1) is 13.8 Å². The van der Waals surface area contributed by atoms with Crippen molar-refractivity contribution in [2.24, 2.45) is 0 Å². The van der Waals surface area contributed by atoms with Gasteiger partial charge in [-0.2, -0.15) is 0 Å². The molecule has 2 heterocycles. The minimum atomic E-state index is -0.365. The molecule has 2 amide bonds. The van der Waals surface area contributed by atoms with Gasteiger partial charge in [-0.15, -0.1) is 0 Å². The fraction of sp³-hybridized carbons (Fsp3) is 0.375. The number of carbonyl (C=O) groups excluding carboxylic acids is 2. The lowest BCUT2D eigenvalue weighted by Gasteiger charge is -2.31. The summed E-state index contributed by atoms with van der Waals surface area (Å²) in [6.45, 7) is 7.62. The Labute approximate surface area is 181 Å². The summed E-state index contributed by atoms with van der Waals surface area (Å²) in [5.74, 6) is 0.755. The number of hydrogen-bond donors (Lipinski definition) is 2. The van der Waals surface area contributed by atoms with Crippen molar-refractivity contribution >= 4 is 28.7 Å². The van der Waals surface area contributed by atoms with Crippen LogP contribution in [0.2, 0.25) is 0 Å². The molecule has 1 aromatic heterocycles. The summed E-state index contributed by atoms with van der Waals surface area (Å²) in [4.78, 5) is 34.7. The van der Waals surface area contributed by atoms with E-state index in [1.54, 1.807) is 31.2 Å². The van der Waals surface area contributed by atoms with Gasteiger partial charge in [0.1, 0.15) is 5.82 Å². The summed E-state index contributed by atoms with van der Waals surface area (Å²) in [6, 6.07) is 10.9. The third-order valence-corrected chi connectivity index (χ3v) is 5.86. The van der Waals surface area contributed by atoms with Gasteiger partial charge >= 0.3 is 12.0 Å². The predicted octanol–water partition coefficient (Wildman–Crippen LogP) is 4.77. The summed E-state index contributed by atoms with van der Waals surface area (Å²) in [6.07, 6.45) is 1.92. The second kappa shape index (κ2) is 8.79. The van der Waals surface area contributed by atoms with Gasteiger partial charge in [-0.25, -0.2) is 14.6 Å². The highest BCUT2D eigenvalue weighted by molar-refractivity contribution is 5.92. The SMILES string of the molecule is CCOC(=O)c1ccc(NC(=O)N2CCCC(c3nc4cc(C)c(C)cc4[nH]3)C2)cc1. The average Bonchev–Trinajstić information content (AvgIpc) is 3.17. The number of aryl methyl sites for hydroxylation is 2. The molecule has 1 aliphatic rings. The lowest BCUT2D eigenvalue weighted by molar-refractivity contribution is 0.0526. The molecule has 7 heteroatoms. The van der Waals surface area contributed by atoms with E-state index in [1.165, 1.54) is 11.1 Å². The van der Waals surface area contributed by atoms with Crippen LogP contribution < -0.4 is 5.32 Å². The van der Waals surface area contributed by atoms with Crippen molar-refractivity contribution in [3.63, 3.8) is 0 Å². The van der Waals surface area contributed by atoms with Gasteiger partial charge in [0.15, 0.2) is 0 Å². The Kier molecular flexibility index (Phi) is 5.93. The van der Waals surface area contributed by atoms with E-state index in [1.807, 2.05) is 4.90 Å². The lowest BCUT2D eigenvalue weighted by atomic mass is 9.97. The van der Waals surface area contributed by atoms with Gasteiger partial charge in [-0.05, 0) is 81.1 Å². The first-order valence-electron chi connectivity index (χ1n) is 10.7. The van der Waals surface area contributed by atoms with Gasteiger partial charge < -0.3 is 19.9 Å². The standard InChI is InChI=1S/C24H28N4O3/c1-4-31-23(29)17-7-9-19(10-8-17)25-24(30)28-11-5-6-18(14-28)22-26-20-12-15(2)16(3)13-21(20)27-22/h7-10,12-13,18H,4-6,11,14H2,1-3H3,(H,25,30)(H,26,27). The van der Waals surface area contributed by atoms with E-state index in [0.717, 1.165) is 29.7 Å².